The molecule has 3 rings (SSSR count). The van der Waals surface area contributed by atoms with Crippen molar-refractivity contribution < 1.29 is 9.21 Å². The first-order chi connectivity index (χ1) is 13.5. The minimum atomic E-state index is 0.0531. The van der Waals surface area contributed by atoms with Crippen molar-refractivity contribution in [1.82, 2.24) is 20.0 Å². The van der Waals surface area contributed by atoms with E-state index in [0.29, 0.717) is 38.0 Å². The van der Waals surface area contributed by atoms with E-state index in [1.807, 2.05) is 41.6 Å². The van der Waals surface area contributed by atoms with Gasteiger partial charge >= 0.3 is 0 Å². The fourth-order valence-corrected chi connectivity index (χ4v) is 3.74. The van der Waals surface area contributed by atoms with Gasteiger partial charge in [0.25, 0.3) is 5.89 Å². The maximum absolute atomic E-state index is 12.8. The van der Waals surface area contributed by atoms with Crippen LogP contribution in [0.25, 0.3) is 10.8 Å². The van der Waals surface area contributed by atoms with Crippen molar-refractivity contribution in [1.29, 1.82) is 0 Å². The van der Waals surface area contributed by atoms with Gasteiger partial charge in [-0.1, -0.05) is 41.1 Å². The third kappa shape index (κ3) is 5.73. The Kier molecular flexibility index (Phi) is 7.36. The van der Waals surface area contributed by atoms with E-state index in [4.69, 9.17) is 4.42 Å². The Balaban J connectivity index is 1.59. The van der Waals surface area contributed by atoms with Gasteiger partial charge in [-0.05, 0) is 42.6 Å². The maximum Gasteiger partial charge on any atom is 0.257 e. The molecule has 2 heterocycles. The van der Waals surface area contributed by atoms with Gasteiger partial charge < -0.3 is 9.32 Å². The number of amides is 1. The molecule has 0 saturated heterocycles. The lowest BCUT2D eigenvalue weighted by Crippen LogP contribution is -2.39. The Bertz CT molecular complexity index is 880. The second kappa shape index (κ2) is 9.95. The van der Waals surface area contributed by atoms with Crippen molar-refractivity contribution in [2.45, 2.75) is 26.4 Å². The fourth-order valence-electron chi connectivity index (χ4n) is 2.83. The number of halogens is 1. The summed E-state index contributed by atoms with van der Waals surface area (Å²) in [7, 11) is 1.95. The summed E-state index contributed by atoms with van der Waals surface area (Å²) < 4.78 is 6.79. The highest BCUT2D eigenvalue weighted by molar-refractivity contribution is 9.10. The second-order valence-electron chi connectivity index (χ2n) is 6.59. The van der Waals surface area contributed by atoms with Crippen molar-refractivity contribution in [3.8, 4) is 10.8 Å². The van der Waals surface area contributed by atoms with Crippen LogP contribution in [0.15, 0.2) is 50.7 Å². The zero-order valence-electron chi connectivity index (χ0n) is 16.0. The van der Waals surface area contributed by atoms with Gasteiger partial charge in [0.05, 0.1) is 18.0 Å². The Hall–Kier alpha value is -2.03. The summed E-state index contributed by atoms with van der Waals surface area (Å²) in [6.07, 6.45) is 0.869. The molecule has 6 nitrogen and oxygen atoms in total. The number of nitrogens with zero attached hydrogens (tertiary/aromatic N) is 4. The molecule has 0 unspecified atom stereocenters. The Labute approximate surface area is 177 Å². The average molecular weight is 463 g/mol. The number of hydrogen-bond acceptors (Lipinski definition) is 6. The number of benzene rings is 1. The first-order valence-corrected chi connectivity index (χ1v) is 10.8. The molecule has 8 heteroatoms. The van der Waals surface area contributed by atoms with Gasteiger partial charge in [-0.25, -0.2) is 0 Å². The molecule has 0 aliphatic heterocycles. The molecule has 0 atom stereocenters. The van der Waals surface area contributed by atoms with Crippen LogP contribution in [0.2, 0.25) is 0 Å². The molecule has 0 N–H and O–H groups in total. The molecule has 0 aliphatic rings. The predicted molar refractivity (Wildman–Crippen MR) is 114 cm³/mol. The van der Waals surface area contributed by atoms with E-state index in [9.17, 15) is 4.79 Å². The molecular weight excluding hydrogens is 440 g/mol. The van der Waals surface area contributed by atoms with Crippen LogP contribution in [0, 0.1) is 0 Å². The van der Waals surface area contributed by atoms with Crippen LogP contribution in [0.1, 0.15) is 24.8 Å². The maximum atomic E-state index is 12.8. The standard InChI is InChI=1S/C20H23BrN4O2S/c1-3-10-25(13-18-22-23-20(27-18)17-5-4-11-28-17)19(26)14-24(2)12-15-6-8-16(21)9-7-15/h4-9,11H,3,10,12-14H2,1-2H3. The van der Waals surface area contributed by atoms with Crippen LogP contribution in [-0.2, 0) is 17.9 Å². The lowest BCUT2D eigenvalue weighted by atomic mass is 10.2. The number of carbonyl (C=O) groups is 1. The SMILES string of the molecule is CCCN(Cc1nnc(-c2cccs2)o1)C(=O)CN(C)Cc1ccc(Br)cc1. The van der Waals surface area contributed by atoms with Crippen LogP contribution in [0.4, 0.5) is 0 Å². The highest BCUT2D eigenvalue weighted by Gasteiger charge is 2.19. The lowest BCUT2D eigenvalue weighted by molar-refractivity contribution is -0.133. The number of carbonyl (C=O) groups excluding carboxylic acids is 1. The van der Waals surface area contributed by atoms with Gasteiger partial charge in [-0.3, -0.25) is 9.69 Å². The molecule has 0 aliphatic carbocycles. The molecule has 148 valence electrons. The Morgan fingerprint density at radius 3 is 2.64 bits per heavy atom. The molecule has 1 aromatic carbocycles. The molecule has 3 aromatic rings. The number of hydrogen-bond donors (Lipinski definition) is 0. The van der Waals surface area contributed by atoms with E-state index >= 15 is 0 Å². The zero-order chi connectivity index (χ0) is 19.9. The summed E-state index contributed by atoms with van der Waals surface area (Å²) >= 11 is 4.99. The monoisotopic (exact) mass is 462 g/mol. The highest BCUT2D eigenvalue weighted by atomic mass is 79.9. The van der Waals surface area contributed by atoms with E-state index in [1.54, 1.807) is 16.2 Å². The fraction of sp³-hybridized carbons (Fsp3) is 0.350. The number of aromatic nitrogens is 2. The molecule has 2 aromatic heterocycles. The number of thiophene rings is 1. The number of likely N-dealkylation sites (N-methyl/N-ethyl adjacent to an activating group) is 1. The summed E-state index contributed by atoms with van der Waals surface area (Å²) in [5.74, 6) is 1.01. The minimum Gasteiger partial charge on any atom is -0.418 e. The summed E-state index contributed by atoms with van der Waals surface area (Å²) in [5, 5.41) is 10.2. The molecule has 0 spiro atoms. The average Bonchev–Trinajstić information content (AvgIpc) is 3.34. The molecule has 0 fully saturated rings. The minimum absolute atomic E-state index is 0.0531. The number of rotatable bonds is 9. The molecule has 0 saturated carbocycles. The Morgan fingerprint density at radius 2 is 1.96 bits per heavy atom. The van der Waals surface area contributed by atoms with Crippen molar-refractivity contribution in [3.05, 3.63) is 57.7 Å². The van der Waals surface area contributed by atoms with E-state index < -0.39 is 0 Å². The predicted octanol–water partition coefficient (Wildman–Crippen LogP) is 4.43. The first-order valence-electron chi connectivity index (χ1n) is 9.12. The first kappa shape index (κ1) is 20.7. The van der Waals surface area contributed by atoms with Gasteiger partial charge in [0.15, 0.2) is 0 Å². The summed E-state index contributed by atoms with van der Waals surface area (Å²) in [6.45, 7) is 4.08. The van der Waals surface area contributed by atoms with Gasteiger partial charge in [-0.15, -0.1) is 21.5 Å². The van der Waals surface area contributed by atoms with Crippen LogP contribution in [0.5, 0.6) is 0 Å². The van der Waals surface area contributed by atoms with E-state index in [2.05, 4.69) is 45.2 Å². The van der Waals surface area contributed by atoms with Crippen LogP contribution >= 0.6 is 27.3 Å². The zero-order valence-corrected chi connectivity index (χ0v) is 18.4. The summed E-state index contributed by atoms with van der Waals surface area (Å²) in [5.41, 5.74) is 1.16. The third-order valence-electron chi connectivity index (χ3n) is 4.14. The van der Waals surface area contributed by atoms with Crippen LogP contribution < -0.4 is 0 Å². The smallest absolute Gasteiger partial charge is 0.257 e. The van der Waals surface area contributed by atoms with Gasteiger partial charge in [0.2, 0.25) is 11.8 Å². The molecular formula is C20H23BrN4O2S. The second-order valence-corrected chi connectivity index (χ2v) is 8.46. The Morgan fingerprint density at radius 1 is 1.18 bits per heavy atom. The van der Waals surface area contributed by atoms with Gasteiger partial charge in [-0.2, -0.15) is 0 Å². The topological polar surface area (TPSA) is 62.5 Å². The van der Waals surface area contributed by atoms with Gasteiger partial charge in [0, 0.05) is 17.6 Å². The van der Waals surface area contributed by atoms with Crippen molar-refractivity contribution in [3.63, 3.8) is 0 Å². The molecule has 0 radical (unpaired) electrons. The summed E-state index contributed by atoms with van der Waals surface area (Å²) in [6, 6.07) is 12.0. The quantitative estimate of drug-likeness (QED) is 0.470. The van der Waals surface area contributed by atoms with Crippen LogP contribution in [-0.4, -0.2) is 46.0 Å². The van der Waals surface area contributed by atoms with Crippen molar-refractivity contribution in [2.24, 2.45) is 0 Å². The van der Waals surface area contributed by atoms with E-state index in [1.165, 1.54) is 0 Å². The molecule has 0 bridgehead atoms. The normalized spacial score (nSPS) is 11.1. The summed E-state index contributed by atoms with van der Waals surface area (Å²) in [4.78, 5) is 17.5. The van der Waals surface area contributed by atoms with E-state index in [0.717, 1.165) is 21.3 Å². The lowest BCUT2D eigenvalue weighted by Gasteiger charge is -2.24. The van der Waals surface area contributed by atoms with Crippen LogP contribution in [0.3, 0.4) is 0 Å². The third-order valence-corrected chi connectivity index (χ3v) is 5.53. The largest absolute Gasteiger partial charge is 0.418 e. The van der Waals surface area contributed by atoms with E-state index in [-0.39, 0.29) is 5.91 Å². The molecule has 28 heavy (non-hydrogen) atoms. The highest BCUT2D eigenvalue weighted by Crippen LogP contribution is 2.23. The van der Waals surface area contributed by atoms with Crippen molar-refractivity contribution >= 4 is 33.2 Å². The van der Waals surface area contributed by atoms with Crippen molar-refractivity contribution in [2.75, 3.05) is 20.1 Å². The molecule has 1 amide bonds. The van der Waals surface area contributed by atoms with Gasteiger partial charge in [0.1, 0.15) is 0 Å².